The Balaban J connectivity index is 4.54. The van der Waals surface area contributed by atoms with Crippen LogP contribution in [0.4, 0.5) is 0 Å². The molecule has 0 bridgehead atoms. The van der Waals surface area contributed by atoms with Gasteiger partial charge in [-0.15, -0.1) is 0 Å². The Labute approximate surface area is 88.8 Å². The minimum atomic E-state index is 0.251. The van der Waals surface area contributed by atoms with Crippen LogP contribution in [0.15, 0.2) is 34.4 Å². The van der Waals surface area contributed by atoms with Crippen LogP contribution in [-0.2, 0) is 9.47 Å². The number of allylic oxidation sites excluding steroid dienone is 4. The van der Waals surface area contributed by atoms with Gasteiger partial charge in [0.05, 0.1) is 4.48 Å². The van der Waals surface area contributed by atoms with Crippen molar-refractivity contribution in [1.29, 1.82) is 0 Å². The first kappa shape index (κ1) is 12.5. The highest BCUT2D eigenvalue weighted by Crippen LogP contribution is 2.20. The average Bonchev–Trinajstić information content (AvgIpc) is 2.05. The van der Waals surface area contributed by atoms with Gasteiger partial charge in [0.15, 0.2) is 6.79 Å². The Hall–Kier alpha value is -0.475. The molecule has 13 heavy (non-hydrogen) atoms. The summed E-state index contributed by atoms with van der Waals surface area (Å²) in [5, 5.41) is 0. The van der Waals surface area contributed by atoms with Crippen molar-refractivity contribution in [2.24, 2.45) is 0 Å². The molecule has 0 spiro atoms. The molecule has 0 unspecified atom stereocenters. The van der Waals surface area contributed by atoms with Crippen LogP contribution < -0.4 is 0 Å². The first-order valence-corrected chi connectivity index (χ1v) is 4.70. The van der Waals surface area contributed by atoms with E-state index in [1.165, 1.54) is 0 Å². The summed E-state index contributed by atoms with van der Waals surface area (Å²) in [5.41, 5.74) is 1.09. The molecule has 0 aromatic carbocycles. The summed E-state index contributed by atoms with van der Waals surface area (Å²) >= 11 is 3.39. The molecule has 0 aliphatic rings. The van der Waals surface area contributed by atoms with E-state index in [9.17, 15) is 0 Å². The summed E-state index contributed by atoms with van der Waals surface area (Å²) in [6.07, 6.45) is 3.53. The van der Waals surface area contributed by atoms with Crippen molar-refractivity contribution in [1.82, 2.24) is 0 Å². The van der Waals surface area contributed by atoms with E-state index in [0.717, 1.165) is 15.7 Å². The van der Waals surface area contributed by atoms with E-state index < -0.39 is 0 Å². The Morgan fingerprint density at radius 1 is 1.62 bits per heavy atom. The summed E-state index contributed by atoms with van der Waals surface area (Å²) in [6, 6.07) is 0. The maximum Gasteiger partial charge on any atom is 0.188 e. The van der Waals surface area contributed by atoms with Gasteiger partial charge in [-0.05, 0) is 28.9 Å². The highest BCUT2D eigenvalue weighted by atomic mass is 79.9. The molecular weight excluding hydrogens is 231 g/mol. The standard InChI is InChI=1S/C9H14BBrO2/c1-4-5-8(11)9(7(2)10)13-6-12-3/h4-5H,1,6,10H2,2-3H3/b8-5+,9-7-. The first-order valence-electron chi connectivity index (χ1n) is 3.91. The summed E-state index contributed by atoms with van der Waals surface area (Å²) in [4.78, 5) is 0. The van der Waals surface area contributed by atoms with Crippen molar-refractivity contribution >= 4 is 23.8 Å². The Bertz CT molecular complexity index is 230. The molecule has 0 radical (unpaired) electrons. The van der Waals surface area contributed by atoms with Gasteiger partial charge in [-0.1, -0.05) is 18.1 Å². The van der Waals surface area contributed by atoms with E-state index in [4.69, 9.17) is 9.47 Å². The van der Waals surface area contributed by atoms with E-state index in [0.29, 0.717) is 0 Å². The van der Waals surface area contributed by atoms with Gasteiger partial charge in [-0.2, -0.15) is 0 Å². The van der Waals surface area contributed by atoms with Crippen molar-refractivity contribution in [3.05, 3.63) is 34.4 Å². The molecule has 72 valence electrons. The smallest absolute Gasteiger partial charge is 0.188 e. The number of hydrogen-bond acceptors (Lipinski definition) is 2. The minimum absolute atomic E-state index is 0.251. The Morgan fingerprint density at radius 2 is 2.23 bits per heavy atom. The number of hydrogen-bond donors (Lipinski definition) is 0. The third-order valence-corrected chi connectivity index (χ3v) is 1.88. The van der Waals surface area contributed by atoms with Gasteiger partial charge >= 0.3 is 0 Å². The predicted molar refractivity (Wildman–Crippen MR) is 61.4 cm³/mol. The van der Waals surface area contributed by atoms with Crippen molar-refractivity contribution < 1.29 is 9.47 Å². The molecule has 2 nitrogen and oxygen atoms in total. The molecule has 0 atom stereocenters. The van der Waals surface area contributed by atoms with Crippen LogP contribution in [0.3, 0.4) is 0 Å². The van der Waals surface area contributed by atoms with Crippen LogP contribution in [-0.4, -0.2) is 21.7 Å². The van der Waals surface area contributed by atoms with Gasteiger partial charge in [-0.25, -0.2) is 0 Å². The monoisotopic (exact) mass is 244 g/mol. The van der Waals surface area contributed by atoms with Crippen molar-refractivity contribution in [3.63, 3.8) is 0 Å². The molecule has 0 aliphatic carbocycles. The molecule has 0 rings (SSSR count). The molecular formula is C9H14BBrO2. The third-order valence-electron chi connectivity index (χ3n) is 1.26. The van der Waals surface area contributed by atoms with Crippen molar-refractivity contribution in [3.8, 4) is 0 Å². The van der Waals surface area contributed by atoms with Crippen molar-refractivity contribution in [2.45, 2.75) is 6.92 Å². The summed E-state index contributed by atoms with van der Waals surface area (Å²) in [7, 11) is 3.57. The fraction of sp³-hybridized carbons (Fsp3) is 0.333. The van der Waals surface area contributed by atoms with Gasteiger partial charge in [0.1, 0.15) is 13.6 Å². The second kappa shape index (κ2) is 6.98. The first-order chi connectivity index (χ1) is 6.13. The fourth-order valence-corrected chi connectivity index (χ4v) is 1.45. The van der Waals surface area contributed by atoms with E-state index in [-0.39, 0.29) is 6.79 Å². The highest BCUT2D eigenvalue weighted by Gasteiger charge is 2.03. The minimum Gasteiger partial charge on any atom is -0.467 e. The Morgan fingerprint density at radius 3 is 2.62 bits per heavy atom. The number of methoxy groups -OCH3 is 1. The SMILES string of the molecule is B/C(C)=C(OCOC)/C(Br)=C\C=C. The quantitative estimate of drug-likeness (QED) is 0.319. The lowest BCUT2D eigenvalue weighted by Gasteiger charge is -2.10. The van der Waals surface area contributed by atoms with Gasteiger partial charge in [-0.3, -0.25) is 0 Å². The lowest BCUT2D eigenvalue weighted by molar-refractivity contribution is 0.00918. The van der Waals surface area contributed by atoms with E-state index in [1.807, 2.05) is 20.8 Å². The second-order valence-corrected chi connectivity index (χ2v) is 3.48. The van der Waals surface area contributed by atoms with Crippen molar-refractivity contribution in [2.75, 3.05) is 13.9 Å². The molecule has 0 aromatic rings. The summed E-state index contributed by atoms with van der Waals surface area (Å²) < 4.78 is 11.1. The van der Waals surface area contributed by atoms with Gasteiger partial charge < -0.3 is 9.47 Å². The van der Waals surface area contributed by atoms with E-state index in [2.05, 4.69) is 22.5 Å². The molecule has 4 heteroatoms. The van der Waals surface area contributed by atoms with E-state index in [1.54, 1.807) is 13.2 Å². The molecule has 0 saturated heterocycles. The zero-order valence-corrected chi connectivity index (χ0v) is 9.85. The normalized spacial score (nSPS) is 13.6. The molecule has 0 aromatic heterocycles. The lowest BCUT2D eigenvalue weighted by Crippen LogP contribution is -2.00. The summed E-state index contributed by atoms with van der Waals surface area (Å²) in [6.45, 7) is 5.83. The maximum atomic E-state index is 5.36. The topological polar surface area (TPSA) is 18.5 Å². The predicted octanol–water partition coefficient (Wildman–Crippen LogP) is 1.94. The van der Waals surface area contributed by atoms with Gasteiger partial charge in [0.25, 0.3) is 0 Å². The fourth-order valence-electron chi connectivity index (χ4n) is 0.749. The van der Waals surface area contributed by atoms with E-state index >= 15 is 0 Å². The Kier molecular flexibility index (Phi) is 6.72. The molecule has 0 amide bonds. The summed E-state index contributed by atoms with van der Waals surface area (Å²) in [5.74, 6) is 0.793. The molecule has 0 N–H and O–H groups in total. The van der Waals surface area contributed by atoms with Crippen LogP contribution in [0.25, 0.3) is 0 Å². The zero-order chi connectivity index (χ0) is 10.3. The zero-order valence-electron chi connectivity index (χ0n) is 8.26. The van der Waals surface area contributed by atoms with Crippen LogP contribution in [0.2, 0.25) is 0 Å². The number of halogens is 1. The van der Waals surface area contributed by atoms with Gasteiger partial charge in [0.2, 0.25) is 0 Å². The average molecular weight is 245 g/mol. The number of ether oxygens (including phenoxy) is 2. The van der Waals surface area contributed by atoms with Gasteiger partial charge in [0, 0.05) is 7.11 Å². The second-order valence-electron chi connectivity index (χ2n) is 2.63. The highest BCUT2D eigenvalue weighted by molar-refractivity contribution is 9.12. The molecule has 0 fully saturated rings. The van der Waals surface area contributed by atoms with Crippen LogP contribution in [0.5, 0.6) is 0 Å². The third kappa shape index (κ3) is 4.96. The molecule has 0 aliphatic heterocycles. The lowest BCUT2D eigenvalue weighted by atomic mass is 9.96. The van der Waals surface area contributed by atoms with Crippen LogP contribution >= 0.6 is 15.9 Å². The van der Waals surface area contributed by atoms with Crippen LogP contribution in [0.1, 0.15) is 6.92 Å². The molecule has 0 saturated carbocycles. The van der Waals surface area contributed by atoms with Crippen LogP contribution in [0, 0.1) is 0 Å². The maximum absolute atomic E-state index is 5.36. The largest absolute Gasteiger partial charge is 0.467 e. The number of rotatable bonds is 5. The molecule has 0 heterocycles.